The number of carboxylic acids is 1. The van der Waals surface area contributed by atoms with Crippen molar-refractivity contribution in [2.75, 3.05) is 19.6 Å². The third-order valence-corrected chi connectivity index (χ3v) is 6.63. The molecule has 2 fully saturated rings. The third kappa shape index (κ3) is 7.80. The van der Waals surface area contributed by atoms with E-state index in [1.165, 1.54) is 35.8 Å². The van der Waals surface area contributed by atoms with Crippen molar-refractivity contribution in [3.8, 4) is 5.75 Å². The van der Waals surface area contributed by atoms with Crippen molar-refractivity contribution in [1.29, 1.82) is 0 Å². The van der Waals surface area contributed by atoms with Gasteiger partial charge in [-0.2, -0.15) is 0 Å². The quantitative estimate of drug-likeness (QED) is 0.442. The van der Waals surface area contributed by atoms with Crippen molar-refractivity contribution in [3.05, 3.63) is 88.8 Å². The zero-order valence-electron chi connectivity index (χ0n) is 20.7. The number of ether oxygens (including phenoxy) is 1. The van der Waals surface area contributed by atoms with Gasteiger partial charge in [0.1, 0.15) is 5.75 Å². The Labute approximate surface area is 213 Å². The molecule has 1 aromatic heterocycles. The lowest BCUT2D eigenvalue weighted by Gasteiger charge is -2.24. The maximum atomic E-state index is 12.3. The topological polar surface area (TPSA) is 81.7 Å². The van der Waals surface area contributed by atoms with Crippen LogP contribution in [0.5, 0.6) is 5.75 Å². The fraction of sp³-hybridized carbons (Fsp3) is 0.407. The highest BCUT2D eigenvalue weighted by molar-refractivity contribution is 5.84. The molecule has 0 spiro atoms. The first-order valence-corrected chi connectivity index (χ1v) is 12.0. The van der Waals surface area contributed by atoms with Crippen molar-refractivity contribution in [2.45, 2.75) is 26.4 Å². The van der Waals surface area contributed by atoms with Crippen LogP contribution in [0, 0.1) is 24.7 Å². The van der Waals surface area contributed by atoms with Crippen LogP contribution >= 0.6 is 0 Å². The minimum atomic E-state index is -4.66. The van der Waals surface area contributed by atoms with Gasteiger partial charge in [-0.25, -0.2) is 9.78 Å². The summed E-state index contributed by atoms with van der Waals surface area (Å²) in [5.74, 6) is 0.885. The Hall–Kier alpha value is -3.37. The first-order valence-electron chi connectivity index (χ1n) is 12.0. The van der Waals surface area contributed by atoms with E-state index < -0.39 is 12.3 Å². The monoisotopic (exact) mass is 515 g/mol. The Morgan fingerprint density at radius 2 is 1.84 bits per heavy atom. The van der Waals surface area contributed by atoms with E-state index in [1.54, 1.807) is 23.7 Å². The number of aromatic carboxylic acids is 1. The number of halogens is 3. The summed E-state index contributed by atoms with van der Waals surface area (Å²) in [7, 11) is 1.72. The Bertz CT molecular complexity index is 1200. The van der Waals surface area contributed by atoms with Gasteiger partial charge in [0.15, 0.2) is 5.69 Å². The zero-order chi connectivity index (χ0) is 26.6. The molecule has 1 N–H and O–H groups in total. The van der Waals surface area contributed by atoms with Crippen molar-refractivity contribution >= 4 is 5.97 Å². The number of piperidine rings is 1. The number of alkyl halides is 3. The average molecular weight is 516 g/mol. The van der Waals surface area contributed by atoms with Gasteiger partial charge in [-0.15, -0.1) is 26.3 Å². The predicted molar refractivity (Wildman–Crippen MR) is 132 cm³/mol. The van der Waals surface area contributed by atoms with Crippen molar-refractivity contribution in [3.63, 3.8) is 0 Å². The first-order chi connectivity index (χ1) is 17.6. The largest absolute Gasteiger partial charge is 0.658 e. The minimum absolute atomic E-state index is 0.0810. The molecule has 0 amide bonds. The van der Waals surface area contributed by atoms with Gasteiger partial charge in [-0.05, 0) is 36.5 Å². The molecule has 2 heterocycles. The minimum Gasteiger partial charge on any atom is -0.658 e. The molecule has 5 rings (SSSR count). The summed E-state index contributed by atoms with van der Waals surface area (Å²) in [5.41, 5.74) is 3.48. The van der Waals surface area contributed by atoms with Crippen LogP contribution in [-0.2, 0) is 20.1 Å². The van der Waals surface area contributed by atoms with Crippen LogP contribution in [0.4, 0.5) is 13.2 Å². The highest BCUT2D eigenvalue weighted by Crippen LogP contribution is 2.52. The van der Waals surface area contributed by atoms with Gasteiger partial charge in [0.05, 0.1) is 6.33 Å². The van der Waals surface area contributed by atoms with Crippen LogP contribution in [0.15, 0.2) is 61.1 Å². The van der Waals surface area contributed by atoms with Crippen LogP contribution in [0.1, 0.15) is 27.2 Å². The second kappa shape index (κ2) is 11.4. The van der Waals surface area contributed by atoms with Crippen molar-refractivity contribution in [2.24, 2.45) is 24.8 Å². The SMILES string of the molecule is Cc1cccc(CN2CC3C(C[N-]Cc4cccc(OC(F)(F)F)c4)C3C2)c1.Cn1cnc(C(=O)O)c1. The summed E-state index contributed by atoms with van der Waals surface area (Å²) in [6, 6.07) is 14.7. The van der Waals surface area contributed by atoms with E-state index in [4.69, 9.17) is 5.11 Å². The second-order valence-corrected chi connectivity index (χ2v) is 9.66. The van der Waals surface area contributed by atoms with Crippen molar-refractivity contribution in [1.82, 2.24) is 14.5 Å². The number of carboxylic acid groups (broad SMARTS) is 1. The van der Waals surface area contributed by atoms with Crippen LogP contribution < -0.4 is 4.74 Å². The predicted octanol–water partition coefficient (Wildman–Crippen LogP) is 5.26. The molecule has 7 nitrogen and oxygen atoms in total. The van der Waals surface area contributed by atoms with E-state index in [2.05, 4.69) is 51.1 Å². The highest BCUT2D eigenvalue weighted by Gasteiger charge is 2.52. The van der Waals surface area contributed by atoms with Gasteiger partial charge in [-0.3, -0.25) is 4.90 Å². The van der Waals surface area contributed by atoms with Crippen LogP contribution in [0.2, 0.25) is 0 Å². The van der Waals surface area contributed by atoms with E-state index in [1.807, 2.05) is 0 Å². The molecule has 1 saturated heterocycles. The molecule has 2 unspecified atom stereocenters. The molecule has 1 aliphatic heterocycles. The van der Waals surface area contributed by atoms with E-state index in [9.17, 15) is 18.0 Å². The van der Waals surface area contributed by atoms with E-state index in [0.29, 0.717) is 24.3 Å². The number of likely N-dealkylation sites (tertiary alicyclic amines) is 1. The number of imidazole rings is 1. The smallest absolute Gasteiger partial charge is 0.573 e. The number of carbonyl (C=O) groups is 1. The van der Waals surface area contributed by atoms with Gasteiger partial charge in [0.2, 0.25) is 0 Å². The van der Waals surface area contributed by atoms with Gasteiger partial charge in [0.25, 0.3) is 0 Å². The summed E-state index contributed by atoms with van der Waals surface area (Å²) in [4.78, 5) is 16.2. The molecule has 2 aliphatic rings. The number of hydrogen-bond donors (Lipinski definition) is 1. The molecule has 0 bridgehead atoms. The molecule has 37 heavy (non-hydrogen) atoms. The number of fused-ring (bicyclic) bond motifs is 1. The molecule has 1 saturated carbocycles. The molecular formula is C27H30F3N4O3-. The first kappa shape index (κ1) is 26.7. The lowest BCUT2D eigenvalue weighted by atomic mass is 10.1. The summed E-state index contributed by atoms with van der Waals surface area (Å²) < 4.78 is 42.5. The maximum absolute atomic E-state index is 12.3. The standard InChI is InChI=1S/C22H24F3N2O.C5H6N2O2/c1-15-4-2-6-17(8-15)12-27-13-20-19(21(20)14-27)11-26-10-16-5-3-7-18(9-16)28-22(23,24)25;1-7-2-4(5(8)9)6-3-7/h2-9,19-21H,10-14H2,1H3;2-3H,1H3,(H,8,9)/q-1;. The normalized spacial score (nSPS) is 20.6. The zero-order valence-corrected chi connectivity index (χ0v) is 20.7. The Balaban J connectivity index is 0.000000301. The number of benzene rings is 2. The second-order valence-electron chi connectivity index (χ2n) is 9.66. The van der Waals surface area contributed by atoms with Crippen LogP contribution in [0.25, 0.3) is 5.32 Å². The lowest BCUT2D eigenvalue weighted by Crippen LogP contribution is -2.24. The molecular weight excluding hydrogens is 485 g/mol. The summed E-state index contributed by atoms with van der Waals surface area (Å²) in [6.45, 7) is 6.58. The molecule has 198 valence electrons. The van der Waals surface area contributed by atoms with Gasteiger partial charge < -0.3 is 19.7 Å². The highest BCUT2D eigenvalue weighted by atomic mass is 19.4. The Morgan fingerprint density at radius 3 is 2.43 bits per heavy atom. The summed E-state index contributed by atoms with van der Waals surface area (Å²) in [5, 5.41) is 12.9. The maximum Gasteiger partial charge on any atom is 0.573 e. The molecule has 2 aromatic carbocycles. The van der Waals surface area contributed by atoms with Crippen molar-refractivity contribution < 1.29 is 27.8 Å². The van der Waals surface area contributed by atoms with E-state index in [-0.39, 0.29) is 11.4 Å². The van der Waals surface area contributed by atoms with Gasteiger partial charge in [-0.1, -0.05) is 53.4 Å². The molecule has 1 aliphatic carbocycles. The molecule has 0 radical (unpaired) electrons. The third-order valence-electron chi connectivity index (χ3n) is 6.63. The average Bonchev–Trinajstić information content (AvgIpc) is 3.13. The van der Waals surface area contributed by atoms with Crippen LogP contribution in [0.3, 0.4) is 0 Å². The lowest BCUT2D eigenvalue weighted by molar-refractivity contribution is -0.274. The van der Waals surface area contributed by atoms with Gasteiger partial charge in [0, 0.05) is 32.9 Å². The fourth-order valence-electron chi connectivity index (χ4n) is 4.91. The Morgan fingerprint density at radius 1 is 1.14 bits per heavy atom. The molecule has 10 heteroatoms. The van der Waals surface area contributed by atoms with E-state index >= 15 is 0 Å². The number of nitrogens with zero attached hydrogens (tertiary/aromatic N) is 4. The number of aryl methyl sites for hydroxylation is 2. The summed E-state index contributed by atoms with van der Waals surface area (Å²) >= 11 is 0. The summed E-state index contributed by atoms with van der Waals surface area (Å²) in [6.07, 6.45) is -1.77. The molecule has 3 aromatic rings. The fourth-order valence-corrected chi connectivity index (χ4v) is 4.91. The van der Waals surface area contributed by atoms with Gasteiger partial charge >= 0.3 is 12.3 Å². The Kier molecular flexibility index (Phi) is 8.19. The molecule has 2 atom stereocenters. The number of hydrogen-bond acceptors (Lipinski definition) is 4. The van der Waals surface area contributed by atoms with E-state index in [0.717, 1.165) is 31.7 Å². The number of aromatic nitrogens is 2. The number of rotatable bonds is 8. The van der Waals surface area contributed by atoms with Crippen LogP contribution in [-0.4, -0.2) is 51.5 Å².